The van der Waals surface area contributed by atoms with Crippen molar-refractivity contribution in [3.05, 3.63) is 59.8 Å². The van der Waals surface area contributed by atoms with E-state index in [1.165, 1.54) is 0 Å². The molecule has 270 valence electrons. The Bertz CT molecular complexity index is 2030. The molecule has 3 amide bonds. The van der Waals surface area contributed by atoms with Gasteiger partial charge in [0.25, 0.3) is 5.91 Å². The normalized spacial score (nSPS) is 27.5. The molecule has 2 aromatic heterocycles. The average Bonchev–Trinajstić information content (AvgIpc) is 4.03. The number of allylic oxidation sites excluding steroid dienone is 1. The van der Waals surface area contributed by atoms with E-state index in [1.807, 2.05) is 62.4 Å². The Labute approximate surface area is 298 Å². The van der Waals surface area contributed by atoms with Gasteiger partial charge in [0, 0.05) is 42.2 Å². The number of benzene rings is 1. The van der Waals surface area contributed by atoms with E-state index in [9.17, 15) is 22.8 Å². The monoisotopic (exact) mass is 715 g/mol. The SMILES string of the molecule is COc1ccc2c(OC3CC4C(=O)NC5(C(=O)NS(=O)(=O)C6CC6)CC5/C=C/CCCCN(C)C(=O)C4C3)cc(-c3cccc(C)n3)nc2c1C. The third kappa shape index (κ3) is 6.92. The molecular formula is C38H45N5O7S. The lowest BCUT2D eigenvalue weighted by Crippen LogP contribution is -2.54. The molecule has 0 saturated heterocycles. The highest BCUT2D eigenvalue weighted by atomic mass is 32.2. The Hall–Kier alpha value is -4.52. The van der Waals surface area contributed by atoms with Gasteiger partial charge < -0.3 is 19.7 Å². The standard InChI is InChI=1S/C38H45N5O7S/c1-22-10-9-12-30(39-22)31-20-33(27-15-16-32(49-4)23(2)34(27)40-31)50-25-18-28-29(19-25)36(45)43(3)17-8-6-5-7-11-24-21-38(24,41-35(28)44)37(46)42-51(47,48)26-13-14-26/h7,9-12,15-16,20,24-26,28-29H,5-6,8,13-14,17-19,21H2,1-4H3,(H,41,44)(H,42,46)/b11-7+. The number of methoxy groups -OCH3 is 1. The summed E-state index contributed by atoms with van der Waals surface area (Å²) in [6.45, 7) is 4.41. The van der Waals surface area contributed by atoms with Gasteiger partial charge in [-0.2, -0.15) is 0 Å². The van der Waals surface area contributed by atoms with Crippen molar-refractivity contribution in [3.63, 3.8) is 0 Å². The summed E-state index contributed by atoms with van der Waals surface area (Å²) in [7, 11) is -0.457. The average molecular weight is 716 g/mol. The summed E-state index contributed by atoms with van der Waals surface area (Å²) in [6.07, 6.45) is 7.58. The summed E-state index contributed by atoms with van der Waals surface area (Å²) < 4.78 is 40.1. The van der Waals surface area contributed by atoms with Gasteiger partial charge in [0.2, 0.25) is 21.8 Å². The van der Waals surface area contributed by atoms with E-state index in [-0.39, 0.29) is 31.1 Å². The molecule has 3 saturated carbocycles. The maximum absolute atomic E-state index is 14.2. The number of nitrogens with one attached hydrogen (secondary N) is 2. The van der Waals surface area contributed by atoms with Gasteiger partial charge in [0.1, 0.15) is 23.1 Å². The fraction of sp³-hybridized carbons (Fsp3) is 0.500. The van der Waals surface area contributed by atoms with Gasteiger partial charge in [0.15, 0.2) is 0 Å². The van der Waals surface area contributed by atoms with Crippen LogP contribution in [0.15, 0.2) is 48.6 Å². The summed E-state index contributed by atoms with van der Waals surface area (Å²) in [5, 5.41) is 3.13. The fourth-order valence-corrected chi connectivity index (χ4v) is 8.95. The number of aryl methyl sites for hydroxylation is 2. The number of hydrogen-bond donors (Lipinski definition) is 2. The lowest BCUT2D eigenvalue weighted by Gasteiger charge is -2.26. The van der Waals surface area contributed by atoms with Crippen molar-refractivity contribution in [1.29, 1.82) is 0 Å². The molecule has 13 heteroatoms. The number of ether oxygens (including phenoxy) is 2. The van der Waals surface area contributed by atoms with Crippen LogP contribution >= 0.6 is 0 Å². The minimum atomic E-state index is -3.83. The molecule has 2 N–H and O–H groups in total. The van der Waals surface area contributed by atoms with Crippen molar-refractivity contribution in [2.45, 2.75) is 82.1 Å². The molecule has 3 heterocycles. The topological polar surface area (TPSA) is 157 Å². The Kier molecular flexibility index (Phi) is 9.28. The Morgan fingerprint density at radius 1 is 1.02 bits per heavy atom. The van der Waals surface area contributed by atoms with Gasteiger partial charge >= 0.3 is 0 Å². The first-order valence-electron chi connectivity index (χ1n) is 17.8. The molecule has 1 aliphatic heterocycles. The number of hydrogen-bond acceptors (Lipinski definition) is 9. The molecule has 0 bridgehead atoms. The van der Waals surface area contributed by atoms with Crippen LogP contribution in [0.3, 0.4) is 0 Å². The van der Waals surface area contributed by atoms with Gasteiger partial charge in [-0.3, -0.25) is 24.1 Å². The van der Waals surface area contributed by atoms with E-state index >= 15 is 0 Å². The fourth-order valence-electron chi connectivity index (χ4n) is 7.59. The van der Waals surface area contributed by atoms with Crippen LogP contribution < -0.4 is 19.5 Å². The van der Waals surface area contributed by atoms with Crippen molar-refractivity contribution in [1.82, 2.24) is 24.9 Å². The smallest absolute Gasteiger partial charge is 0.259 e. The van der Waals surface area contributed by atoms with Crippen molar-refractivity contribution in [3.8, 4) is 22.9 Å². The van der Waals surface area contributed by atoms with Gasteiger partial charge in [-0.25, -0.2) is 13.4 Å². The minimum Gasteiger partial charge on any atom is -0.496 e. The summed E-state index contributed by atoms with van der Waals surface area (Å²) >= 11 is 0. The largest absolute Gasteiger partial charge is 0.496 e. The lowest BCUT2D eigenvalue weighted by atomic mass is 9.93. The Balaban J connectivity index is 1.21. The number of nitrogens with zero attached hydrogens (tertiary/aromatic N) is 3. The van der Waals surface area contributed by atoms with Crippen molar-refractivity contribution in [2.75, 3.05) is 20.7 Å². The van der Waals surface area contributed by atoms with Crippen LogP contribution in [0.25, 0.3) is 22.3 Å². The molecule has 3 aromatic rings. The third-order valence-corrected chi connectivity index (χ3v) is 12.6. The number of sulfonamides is 1. The van der Waals surface area contributed by atoms with E-state index in [2.05, 4.69) is 15.0 Å². The first-order valence-corrected chi connectivity index (χ1v) is 19.3. The number of amides is 3. The zero-order chi connectivity index (χ0) is 36.1. The summed E-state index contributed by atoms with van der Waals surface area (Å²) in [5.41, 5.74) is 2.27. The van der Waals surface area contributed by atoms with Gasteiger partial charge in [0.05, 0.1) is 41.1 Å². The maximum atomic E-state index is 14.2. The number of aromatic nitrogens is 2. The molecule has 4 aliphatic rings. The maximum Gasteiger partial charge on any atom is 0.259 e. The highest BCUT2D eigenvalue weighted by Gasteiger charge is 2.62. The Morgan fingerprint density at radius 2 is 1.80 bits per heavy atom. The van der Waals surface area contributed by atoms with E-state index in [4.69, 9.17) is 14.5 Å². The summed E-state index contributed by atoms with van der Waals surface area (Å²) in [6, 6.07) is 11.3. The van der Waals surface area contributed by atoms with Crippen LogP contribution in [-0.4, -0.2) is 78.6 Å². The van der Waals surface area contributed by atoms with Gasteiger partial charge in [-0.05, 0) is 89.5 Å². The number of fused-ring (bicyclic) bond motifs is 3. The molecule has 7 rings (SSSR count). The predicted molar refractivity (Wildman–Crippen MR) is 191 cm³/mol. The zero-order valence-electron chi connectivity index (χ0n) is 29.5. The van der Waals surface area contributed by atoms with Crippen LogP contribution in [0, 0.1) is 31.6 Å². The van der Waals surface area contributed by atoms with Crippen LogP contribution in [-0.2, 0) is 24.4 Å². The van der Waals surface area contributed by atoms with Crippen LogP contribution in [0.4, 0.5) is 0 Å². The lowest BCUT2D eigenvalue weighted by molar-refractivity contribution is -0.140. The molecule has 3 fully saturated rings. The molecule has 0 spiro atoms. The number of pyridine rings is 2. The van der Waals surface area contributed by atoms with Gasteiger partial charge in [-0.1, -0.05) is 18.2 Å². The van der Waals surface area contributed by atoms with E-state index in [0.717, 1.165) is 35.9 Å². The third-order valence-electron chi connectivity index (χ3n) is 10.8. The van der Waals surface area contributed by atoms with Gasteiger partial charge in [-0.15, -0.1) is 0 Å². The van der Waals surface area contributed by atoms with Crippen LogP contribution in [0.1, 0.15) is 62.6 Å². The molecule has 12 nitrogen and oxygen atoms in total. The molecule has 51 heavy (non-hydrogen) atoms. The summed E-state index contributed by atoms with van der Waals surface area (Å²) in [4.78, 5) is 53.2. The molecule has 0 radical (unpaired) electrons. The minimum absolute atomic E-state index is 0.152. The Morgan fingerprint density at radius 3 is 2.55 bits per heavy atom. The number of carbonyl (C=O) groups excluding carboxylic acids is 3. The summed E-state index contributed by atoms with van der Waals surface area (Å²) in [5.74, 6) is -1.93. The van der Waals surface area contributed by atoms with Crippen LogP contribution in [0.2, 0.25) is 0 Å². The molecule has 5 unspecified atom stereocenters. The second kappa shape index (κ2) is 13.6. The van der Waals surface area contributed by atoms with E-state index < -0.39 is 50.6 Å². The van der Waals surface area contributed by atoms with E-state index in [1.54, 1.807) is 19.1 Å². The van der Waals surface area contributed by atoms with Crippen molar-refractivity contribution >= 4 is 38.6 Å². The zero-order valence-corrected chi connectivity index (χ0v) is 30.3. The number of rotatable bonds is 7. The predicted octanol–water partition coefficient (Wildman–Crippen LogP) is 4.38. The first kappa shape index (κ1) is 34.9. The highest BCUT2D eigenvalue weighted by Crippen LogP contribution is 2.47. The molecule has 5 atom stereocenters. The van der Waals surface area contributed by atoms with Crippen molar-refractivity contribution < 1.29 is 32.3 Å². The molecule has 1 aromatic carbocycles. The molecule has 3 aliphatic carbocycles. The second-order valence-corrected chi connectivity index (χ2v) is 16.5. The quantitative estimate of drug-likeness (QED) is 0.339. The second-order valence-electron chi connectivity index (χ2n) is 14.5. The highest BCUT2D eigenvalue weighted by molar-refractivity contribution is 7.91. The van der Waals surface area contributed by atoms with E-state index in [0.29, 0.717) is 47.8 Å². The number of carbonyl (C=O) groups is 3. The van der Waals surface area contributed by atoms with Crippen molar-refractivity contribution in [2.24, 2.45) is 17.8 Å². The first-order chi connectivity index (χ1) is 24.4. The van der Waals surface area contributed by atoms with Crippen LogP contribution in [0.5, 0.6) is 11.5 Å². The molecular weight excluding hydrogens is 671 g/mol.